The number of likely N-dealkylation sites (N-methyl/N-ethyl adjacent to an activating group) is 1. The van der Waals surface area contributed by atoms with E-state index in [0.29, 0.717) is 0 Å². The topological polar surface area (TPSA) is 95.9 Å². The summed E-state index contributed by atoms with van der Waals surface area (Å²) in [5, 5.41) is 2.23. The van der Waals surface area contributed by atoms with Gasteiger partial charge in [0.15, 0.2) is 0 Å². The highest BCUT2D eigenvalue weighted by molar-refractivity contribution is 7.46. The fourth-order valence-corrected chi connectivity index (χ4v) is 0.899. The van der Waals surface area contributed by atoms with Crippen LogP contribution in [0.2, 0.25) is 0 Å². The summed E-state index contributed by atoms with van der Waals surface area (Å²) in [6, 6.07) is 0. The first-order valence-electron chi connectivity index (χ1n) is 3.00. The molecule has 0 bridgehead atoms. The quantitative estimate of drug-likeness (QED) is 0.327. The summed E-state index contributed by atoms with van der Waals surface area (Å²) >= 11 is 0. The second-order valence-electron chi connectivity index (χ2n) is 1.95. The summed E-state index contributed by atoms with van der Waals surface area (Å²) in [7, 11) is -3.14. The number of rotatable bonds is 3. The fraction of sp³-hybridized carbons (Fsp3) is 0.400. The van der Waals surface area contributed by atoms with Crippen molar-refractivity contribution in [3.8, 4) is 0 Å². The molecule has 0 saturated heterocycles. The predicted molar refractivity (Wildman–Crippen MR) is 41.0 cm³/mol. The van der Waals surface area contributed by atoms with Gasteiger partial charge in [0.05, 0.1) is 0 Å². The lowest BCUT2D eigenvalue weighted by Gasteiger charge is -2.05. The third-order valence-electron chi connectivity index (χ3n) is 0.844. The molecular formula is C5H10NO5P. The molecule has 0 aromatic rings. The van der Waals surface area contributed by atoms with E-state index in [2.05, 4.69) is 9.84 Å². The van der Waals surface area contributed by atoms with Gasteiger partial charge in [0.1, 0.15) is 5.76 Å². The zero-order valence-corrected chi connectivity index (χ0v) is 7.54. The zero-order valence-electron chi connectivity index (χ0n) is 6.64. The third-order valence-corrected chi connectivity index (χ3v) is 1.37. The van der Waals surface area contributed by atoms with E-state index in [-0.39, 0.29) is 5.76 Å². The molecule has 0 aromatic carbocycles. The molecule has 1 amide bonds. The van der Waals surface area contributed by atoms with Gasteiger partial charge in [0, 0.05) is 13.1 Å². The minimum Gasteiger partial charge on any atom is -0.409 e. The Kier molecular flexibility index (Phi) is 3.95. The van der Waals surface area contributed by atoms with Crippen molar-refractivity contribution < 1.29 is 23.7 Å². The highest BCUT2D eigenvalue weighted by Gasteiger charge is 2.15. The molecule has 0 rings (SSSR count). The van der Waals surface area contributed by atoms with Crippen LogP contribution in [0.3, 0.4) is 0 Å². The molecule has 70 valence electrons. The summed E-state index contributed by atoms with van der Waals surface area (Å²) in [5.41, 5.74) is 0. The van der Waals surface area contributed by atoms with Crippen molar-refractivity contribution in [1.82, 2.24) is 5.32 Å². The third kappa shape index (κ3) is 5.91. The minimum absolute atomic E-state index is 0.136. The second-order valence-corrected chi connectivity index (χ2v) is 3.11. The standard InChI is InChI=1S/C5H10NO5P/c1-4(3-5(7)6-2)11-12(8,9)10/h3H,1-2H3,(H,6,7)(H2,8,9,10). The summed E-state index contributed by atoms with van der Waals surface area (Å²) in [6.07, 6.45) is 0.944. The molecule has 0 aromatic heterocycles. The number of hydrogen-bond donors (Lipinski definition) is 3. The van der Waals surface area contributed by atoms with Gasteiger partial charge in [0.2, 0.25) is 5.91 Å². The molecule has 0 aliphatic heterocycles. The minimum atomic E-state index is -4.54. The number of carbonyl (C=O) groups is 1. The highest BCUT2D eigenvalue weighted by Crippen LogP contribution is 2.38. The van der Waals surface area contributed by atoms with Crippen molar-refractivity contribution in [1.29, 1.82) is 0 Å². The summed E-state index contributed by atoms with van der Waals surface area (Å²) in [6.45, 7) is 1.27. The number of allylic oxidation sites excluding steroid dienone is 1. The Morgan fingerprint density at radius 1 is 1.58 bits per heavy atom. The maximum absolute atomic E-state index is 10.6. The van der Waals surface area contributed by atoms with Crippen LogP contribution in [0.5, 0.6) is 0 Å². The van der Waals surface area contributed by atoms with Gasteiger partial charge in [0.25, 0.3) is 0 Å². The molecule has 3 N–H and O–H groups in total. The number of carbonyl (C=O) groups excluding carboxylic acids is 1. The van der Waals surface area contributed by atoms with Crippen LogP contribution in [-0.4, -0.2) is 22.7 Å². The average Bonchev–Trinajstić information content (AvgIpc) is 1.82. The van der Waals surface area contributed by atoms with Crippen LogP contribution in [-0.2, 0) is 13.9 Å². The monoisotopic (exact) mass is 195 g/mol. The van der Waals surface area contributed by atoms with Crippen LogP contribution < -0.4 is 5.32 Å². The van der Waals surface area contributed by atoms with Crippen molar-refractivity contribution in [3.05, 3.63) is 11.8 Å². The lowest BCUT2D eigenvalue weighted by molar-refractivity contribution is -0.116. The van der Waals surface area contributed by atoms with Crippen molar-refractivity contribution >= 4 is 13.7 Å². The van der Waals surface area contributed by atoms with Crippen LogP contribution in [0.4, 0.5) is 0 Å². The molecule has 0 heterocycles. The van der Waals surface area contributed by atoms with Crippen LogP contribution in [0.15, 0.2) is 11.8 Å². The first-order chi connectivity index (χ1) is 5.35. The van der Waals surface area contributed by atoms with E-state index >= 15 is 0 Å². The molecule has 0 aliphatic rings. The summed E-state index contributed by atoms with van der Waals surface area (Å²) < 4.78 is 14.3. The molecule has 0 saturated carbocycles. The van der Waals surface area contributed by atoms with E-state index in [0.717, 1.165) is 6.08 Å². The van der Waals surface area contributed by atoms with Crippen molar-refractivity contribution in [2.75, 3.05) is 7.05 Å². The van der Waals surface area contributed by atoms with Crippen molar-refractivity contribution in [2.24, 2.45) is 0 Å². The molecule has 12 heavy (non-hydrogen) atoms. The van der Waals surface area contributed by atoms with Gasteiger partial charge in [-0.05, 0) is 6.92 Å². The maximum atomic E-state index is 10.6. The highest BCUT2D eigenvalue weighted by atomic mass is 31.2. The maximum Gasteiger partial charge on any atom is 0.524 e. The Morgan fingerprint density at radius 3 is 2.42 bits per heavy atom. The Hall–Kier alpha value is -0.840. The summed E-state index contributed by atoms with van der Waals surface area (Å²) in [4.78, 5) is 27.2. The van der Waals surface area contributed by atoms with Crippen LogP contribution in [0.25, 0.3) is 0 Å². The van der Waals surface area contributed by atoms with Gasteiger partial charge >= 0.3 is 7.82 Å². The SMILES string of the molecule is CNC(=O)C=C(C)OP(=O)(O)O. The number of nitrogens with one attached hydrogen (secondary N) is 1. The van der Waals surface area contributed by atoms with E-state index in [1.54, 1.807) is 0 Å². The molecule has 6 nitrogen and oxygen atoms in total. The van der Waals surface area contributed by atoms with Gasteiger partial charge in [-0.2, -0.15) is 0 Å². The van der Waals surface area contributed by atoms with Crippen LogP contribution >= 0.6 is 7.82 Å². The molecule has 7 heteroatoms. The van der Waals surface area contributed by atoms with Gasteiger partial charge in [-0.3, -0.25) is 14.6 Å². The zero-order chi connectivity index (χ0) is 9.78. The van der Waals surface area contributed by atoms with Crippen molar-refractivity contribution in [2.45, 2.75) is 6.92 Å². The van der Waals surface area contributed by atoms with E-state index in [4.69, 9.17) is 9.79 Å². The van der Waals surface area contributed by atoms with Gasteiger partial charge in [-0.1, -0.05) is 0 Å². The Bertz CT molecular complexity index is 242. The Morgan fingerprint density at radius 2 is 2.08 bits per heavy atom. The number of amides is 1. The molecule has 0 radical (unpaired) electrons. The molecule has 0 unspecified atom stereocenters. The van der Waals surface area contributed by atoms with E-state index < -0.39 is 13.7 Å². The van der Waals surface area contributed by atoms with Gasteiger partial charge in [-0.15, -0.1) is 0 Å². The van der Waals surface area contributed by atoms with E-state index in [1.165, 1.54) is 14.0 Å². The van der Waals surface area contributed by atoms with E-state index in [9.17, 15) is 9.36 Å². The Balaban J connectivity index is 4.22. The lowest BCUT2D eigenvalue weighted by atomic mass is 10.5. The molecular weight excluding hydrogens is 185 g/mol. The largest absolute Gasteiger partial charge is 0.524 e. The lowest BCUT2D eigenvalue weighted by Crippen LogP contribution is -2.14. The summed E-state index contributed by atoms with van der Waals surface area (Å²) in [5.74, 6) is -0.622. The number of phosphoric ester groups is 1. The normalized spacial score (nSPS) is 12.5. The molecule has 0 spiro atoms. The Labute approximate surface area is 69.5 Å². The second kappa shape index (κ2) is 4.25. The van der Waals surface area contributed by atoms with E-state index in [1.807, 2.05) is 0 Å². The molecule has 0 atom stereocenters. The first kappa shape index (κ1) is 11.2. The average molecular weight is 195 g/mol. The predicted octanol–water partition coefficient (Wildman–Crippen LogP) is -0.255. The van der Waals surface area contributed by atoms with Crippen molar-refractivity contribution in [3.63, 3.8) is 0 Å². The van der Waals surface area contributed by atoms with Crippen LogP contribution in [0, 0.1) is 0 Å². The van der Waals surface area contributed by atoms with Gasteiger partial charge < -0.3 is 9.84 Å². The first-order valence-corrected chi connectivity index (χ1v) is 4.53. The van der Waals surface area contributed by atoms with Gasteiger partial charge in [-0.25, -0.2) is 4.57 Å². The fourth-order valence-electron chi connectivity index (χ4n) is 0.471. The molecule has 0 fully saturated rings. The number of phosphoric acid groups is 1. The smallest absolute Gasteiger partial charge is 0.409 e. The number of hydrogen-bond acceptors (Lipinski definition) is 3. The van der Waals surface area contributed by atoms with Crippen LogP contribution in [0.1, 0.15) is 6.92 Å². The molecule has 0 aliphatic carbocycles.